The van der Waals surface area contributed by atoms with Gasteiger partial charge in [0.25, 0.3) is 0 Å². The van der Waals surface area contributed by atoms with Crippen LogP contribution in [0.25, 0.3) is 0 Å². The zero-order chi connectivity index (χ0) is 19.7. The Morgan fingerprint density at radius 2 is 1.81 bits per heavy atom. The highest BCUT2D eigenvalue weighted by Gasteiger charge is 2.44. The van der Waals surface area contributed by atoms with Gasteiger partial charge in [-0.25, -0.2) is 17.5 Å². The van der Waals surface area contributed by atoms with E-state index in [4.69, 9.17) is 0 Å². The van der Waals surface area contributed by atoms with Crippen LogP contribution in [0.15, 0.2) is 42.6 Å². The highest BCUT2D eigenvalue weighted by Crippen LogP contribution is 2.34. The number of amides is 2. The molecule has 0 unspecified atom stereocenters. The third-order valence-electron chi connectivity index (χ3n) is 5.94. The van der Waals surface area contributed by atoms with Crippen molar-refractivity contribution >= 4 is 16.1 Å². The Bertz CT molecular complexity index is 801. The summed E-state index contributed by atoms with van der Waals surface area (Å²) < 4.78 is 24.7. The van der Waals surface area contributed by atoms with Gasteiger partial charge in [0.15, 0.2) is 0 Å². The first-order valence-electron chi connectivity index (χ1n) is 9.43. The molecule has 6 nitrogen and oxygen atoms in total. The molecule has 2 aliphatic heterocycles. The average Bonchev–Trinajstić information content (AvgIpc) is 2.87. The van der Waals surface area contributed by atoms with Gasteiger partial charge in [0.05, 0.1) is 18.3 Å². The fourth-order valence-electron chi connectivity index (χ4n) is 3.96. The van der Waals surface area contributed by atoms with Crippen LogP contribution in [0.3, 0.4) is 0 Å². The molecular weight excluding hydrogens is 362 g/mol. The molecule has 0 saturated carbocycles. The Hall–Kier alpha value is -1.86. The van der Waals surface area contributed by atoms with E-state index < -0.39 is 10.0 Å². The minimum atomic E-state index is -3.08. The Kier molecular flexibility index (Phi) is 5.63. The fourth-order valence-corrected chi connectivity index (χ4v) is 4.84. The summed E-state index contributed by atoms with van der Waals surface area (Å²) >= 11 is 0. The number of benzene rings is 1. The van der Waals surface area contributed by atoms with E-state index in [1.165, 1.54) is 6.26 Å². The Balaban J connectivity index is 1.58. The number of piperidine rings is 1. The standard InChI is InChI=1S/C20H29N3O3S/c1-20(18-9-5-4-6-10-18)16-22(19(24)21(20)2)13-7-8-17-11-14-23(15-12-17)27(3,25)26/h4-7,9-10,13,17H,8,11-12,14-16H2,1-3H3/t20-/m0/s1. The largest absolute Gasteiger partial charge is 0.324 e. The van der Waals surface area contributed by atoms with Crippen LogP contribution in [0.1, 0.15) is 31.7 Å². The monoisotopic (exact) mass is 391 g/mol. The highest BCUT2D eigenvalue weighted by molar-refractivity contribution is 7.88. The second-order valence-electron chi connectivity index (χ2n) is 7.84. The molecule has 2 heterocycles. The first-order chi connectivity index (χ1) is 12.7. The maximum absolute atomic E-state index is 12.7. The molecule has 0 aliphatic carbocycles. The Labute approximate surface area is 162 Å². The molecule has 0 bridgehead atoms. The van der Waals surface area contributed by atoms with Crippen molar-refractivity contribution in [2.45, 2.75) is 31.7 Å². The summed E-state index contributed by atoms with van der Waals surface area (Å²) in [6.07, 6.45) is 7.83. The molecule has 148 valence electrons. The second-order valence-corrected chi connectivity index (χ2v) is 9.82. The Morgan fingerprint density at radius 1 is 1.19 bits per heavy atom. The van der Waals surface area contributed by atoms with E-state index in [1.54, 1.807) is 14.1 Å². The van der Waals surface area contributed by atoms with Gasteiger partial charge < -0.3 is 4.90 Å². The molecule has 1 atom stereocenters. The SMILES string of the molecule is CN1C(=O)N(C=CCC2CCN(S(C)(=O)=O)CC2)C[C@@]1(C)c1ccccc1. The number of allylic oxidation sites excluding steroid dienone is 1. The summed E-state index contributed by atoms with van der Waals surface area (Å²) in [5, 5.41) is 0. The van der Waals surface area contributed by atoms with Crippen LogP contribution >= 0.6 is 0 Å². The van der Waals surface area contributed by atoms with Gasteiger partial charge in [0, 0.05) is 26.3 Å². The maximum atomic E-state index is 12.7. The fraction of sp³-hybridized carbons (Fsp3) is 0.550. The molecule has 27 heavy (non-hydrogen) atoms. The smallest absolute Gasteiger partial charge is 0.316 e. The van der Waals surface area contributed by atoms with Crippen molar-refractivity contribution < 1.29 is 13.2 Å². The third kappa shape index (κ3) is 4.19. The minimum Gasteiger partial charge on any atom is -0.316 e. The van der Waals surface area contributed by atoms with E-state index in [1.807, 2.05) is 31.4 Å². The molecular formula is C20H29N3O3S. The van der Waals surface area contributed by atoms with Crippen molar-refractivity contribution in [2.75, 3.05) is 32.9 Å². The van der Waals surface area contributed by atoms with Crippen molar-refractivity contribution in [1.29, 1.82) is 0 Å². The predicted molar refractivity (Wildman–Crippen MR) is 107 cm³/mol. The lowest BCUT2D eigenvalue weighted by atomic mass is 9.92. The van der Waals surface area contributed by atoms with Crippen LogP contribution in [0.5, 0.6) is 0 Å². The Morgan fingerprint density at radius 3 is 2.41 bits per heavy atom. The molecule has 2 amide bonds. The van der Waals surface area contributed by atoms with E-state index in [0.29, 0.717) is 25.6 Å². The number of hydrogen-bond donors (Lipinski definition) is 0. The van der Waals surface area contributed by atoms with Gasteiger partial charge in [-0.15, -0.1) is 0 Å². The predicted octanol–water partition coefficient (Wildman–Crippen LogP) is 2.84. The summed E-state index contributed by atoms with van der Waals surface area (Å²) in [5.41, 5.74) is 0.786. The number of rotatable bonds is 5. The minimum absolute atomic E-state index is 0.00417. The molecule has 0 N–H and O–H groups in total. The summed E-state index contributed by atoms with van der Waals surface area (Å²) in [7, 11) is -1.23. The lowest BCUT2D eigenvalue weighted by Crippen LogP contribution is -2.39. The summed E-state index contributed by atoms with van der Waals surface area (Å²) in [6.45, 7) is 3.90. The number of carbonyl (C=O) groups excluding carboxylic acids is 1. The second kappa shape index (κ2) is 7.64. The summed E-state index contributed by atoms with van der Waals surface area (Å²) in [5.74, 6) is 0.468. The van der Waals surface area contributed by atoms with Crippen LogP contribution in [0.2, 0.25) is 0 Å². The topological polar surface area (TPSA) is 60.9 Å². The van der Waals surface area contributed by atoms with Gasteiger partial charge >= 0.3 is 6.03 Å². The number of sulfonamides is 1. The van der Waals surface area contributed by atoms with E-state index in [2.05, 4.69) is 25.1 Å². The molecule has 0 aromatic heterocycles. The molecule has 0 spiro atoms. The molecule has 1 aromatic rings. The van der Waals surface area contributed by atoms with Gasteiger partial charge in [0.2, 0.25) is 10.0 Å². The number of nitrogens with zero attached hydrogens (tertiary/aromatic N) is 3. The van der Waals surface area contributed by atoms with E-state index in [-0.39, 0.29) is 11.6 Å². The van der Waals surface area contributed by atoms with Gasteiger partial charge in [-0.05, 0) is 37.7 Å². The summed E-state index contributed by atoms with van der Waals surface area (Å²) in [6, 6.07) is 10.1. The van der Waals surface area contributed by atoms with Crippen molar-refractivity contribution in [3.63, 3.8) is 0 Å². The number of hydrogen-bond acceptors (Lipinski definition) is 3. The van der Waals surface area contributed by atoms with Crippen LogP contribution in [-0.2, 0) is 15.6 Å². The quantitative estimate of drug-likeness (QED) is 0.775. The first kappa shape index (κ1) is 19.9. The first-order valence-corrected chi connectivity index (χ1v) is 11.3. The molecule has 2 fully saturated rings. The van der Waals surface area contributed by atoms with E-state index in [9.17, 15) is 13.2 Å². The van der Waals surface area contributed by atoms with Gasteiger partial charge in [-0.2, -0.15) is 0 Å². The molecule has 2 saturated heterocycles. The number of urea groups is 1. The van der Waals surface area contributed by atoms with Crippen LogP contribution in [0.4, 0.5) is 4.79 Å². The summed E-state index contributed by atoms with van der Waals surface area (Å²) in [4.78, 5) is 16.2. The van der Waals surface area contributed by atoms with Gasteiger partial charge in [0.1, 0.15) is 0 Å². The normalized spacial score (nSPS) is 25.7. The lowest BCUT2D eigenvalue weighted by molar-refractivity contribution is 0.185. The third-order valence-corrected chi connectivity index (χ3v) is 7.25. The zero-order valence-electron chi connectivity index (χ0n) is 16.3. The molecule has 1 aromatic carbocycles. The van der Waals surface area contributed by atoms with Gasteiger partial charge in [-0.3, -0.25) is 4.90 Å². The van der Waals surface area contributed by atoms with E-state index >= 15 is 0 Å². The maximum Gasteiger partial charge on any atom is 0.324 e. The van der Waals surface area contributed by atoms with Crippen LogP contribution in [0, 0.1) is 5.92 Å². The number of likely N-dealkylation sites (N-methyl/N-ethyl adjacent to an activating group) is 1. The zero-order valence-corrected chi connectivity index (χ0v) is 17.2. The molecule has 7 heteroatoms. The molecule has 3 rings (SSSR count). The van der Waals surface area contributed by atoms with Crippen molar-refractivity contribution in [2.24, 2.45) is 5.92 Å². The average molecular weight is 392 g/mol. The van der Waals surface area contributed by atoms with Crippen molar-refractivity contribution in [1.82, 2.24) is 14.1 Å². The van der Waals surface area contributed by atoms with Crippen molar-refractivity contribution in [3.05, 3.63) is 48.2 Å². The van der Waals surface area contributed by atoms with Gasteiger partial charge in [-0.1, -0.05) is 36.4 Å². The lowest BCUT2D eigenvalue weighted by Gasteiger charge is -2.30. The molecule has 0 radical (unpaired) electrons. The highest BCUT2D eigenvalue weighted by atomic mass is 32.2. The number of carbonyl (C=O) groups is 1. The van der Waals surface area contributed by atoms with Crippen LogP contribution in [-0.4, -0.2) is 61.5 Å². The van der Waals surface area contributed by atoms with Crippen molar-refractivity contribution in [3.8, 4) is 0 Å². The van der Waals surface area contributed by atoms with Crippen LogP contribution < -0.4 is 0 Å². The van der Waals surface area contributed by atoms with E-state index in [0.717, 1.165) is 24.8 Å². The molecule has 2 aliphatic rings.